The van der Waals surface area contributed by atoms with Crippen molar-refractivity contribution < 1.29 is 24.5 Å². The van der Waals surface area contributed by atoms with Crippen LogP contribution in [0.25, 0.3) is 0 Å². The third-order valence-corrected chi connectivity index (χ3v) is 2.93. The minimum atomic E-state index is -0.699. The van der Waals surface area contributed by atoms with E-state index in [0.29, 0.717) is 5.56 Å². The van der Waals surface area contributed by atoms with E-state index in [0.717, 1.165) is 0 Å². The number of rotatable bonds is 5. The summed E-state index contributed by atoms with van der Waals surface area (Å²) in [5, 5.41) is 21.9. The minimum absolute atomic E-state index is 0.135. The second kappa shape index (κ2) is 7.33. The van der Waals surface area contributed by atoms with Crippen LogP contribution in [0.4, 0.5) is 10.5 Å². The number of amides is 1. The Morgan fingerprint density at radius 1 is 1.41 bits per heavy atom. The van der Waals surface area contributed by atoms with Gasteiger partial charge in [-0.1, -0.05) is 0 Å². The Hall–Kier alpha value is -1.99. The Morgan fingerprint density at radius 2 is 2.05 bits per heavy atom. The summed E-state index contributed by atoms with van der Waals surface area (Å²) in [5.41, 5.74) is 5.72. The van der Waals surface area contributed by atoms with Crippen LogP contribution in [0.15, 0.2) is 12.1 Å². The van der Waals surface area contributed by atoms with Crippen molar-refractivity contribution in [1.82, 2.24) is 0 Å². The highest BCUT2D eigenvalue weighted by atomic mass is 16.6. The largest absolute Gasteiger partial charge is 0.503 e. The summed E-state index contributed by atoms with van der Waals surface area (Å²) in [6.07, 6.45) is -0.699. The molecule has 0 aliphatic carbocycles. The number of phenolic OH excluding ortho intramolecular Hbond substituents is 1. The first kappa shape index (κ1) is 18.1. The summed E-state index contributed by atoms with van der Waals surface area (Å²) in [5.74, 6) is -0.366. The van der Waals surface area contributed by atoms with E-state index < -0.39 is 11.7 Å². The lowest BCUT2D eigenvalue weighted by atomic mass is 9.99. The molecular formula is C15H24N2O5. The standard InChI is InChI=1S/C15H24N2O5/c1-15(2,3)22-14(20)17-11-5-9(10(7-16)8-18)6-12(21-4)13(11)19/h5-6,10,18-19H,7-8,16H2,1-4H3,(H,17,20). The molecule has 22 heavy (non-hydrogen) atoms. The van der Waals surface area contributed by atoms with Gasteiger partial charge in [-0.3, -0.25) is 5.32 Å². The molecule has 0 saturated heterocycles. The number of aliphatic hydroxyl groups excluding tert-OH is 1. The molecule has 0 aromatic heterocycles. The molecule has 5 N–H and O–H groups in total. The van der Waals surface area contributed by atoms with Crippen molar-refractivity contribution >= 4 is 11.8 Å². The molecule has 0 saturated carbocycles. The molecular weight excluding hydrogens is 288 g/mol. The molecule has 1 amide bonds. The number of nitrogens with two attached hydrogens (primary N) is 1. The van der Waals surface area contributed by atoms with Gasteiger partial charge in [0.1, 0.15) is 5.60 Å². The number of nitrogens with one attached hydrogen (secondary N) is 1. The summed E-state index contributed by atoms with van der Waals surface area (Å²) < 4.78 is 10.2. The van der Waals surface area contributed by atoms with Gasteiger partial charge in [0.15, 0.2) is 11.5 Å². The highest BCUT2D eigenvalue weighted by Gasteiger charge is 2.20. The number of methoxy groups -OCH3 is 1. The molecule has 0 spiro atoms. The molecule has 0 bridgehead atoms. The van der Waals surface area contributed by atoms with Gasteiger partial charge >= 0.3 is 6.09 Å². The highest BCUT2D eigenvalue weighted by Crippen LogP contribution is 2.37. The predicted molar refractivity (Wildman–Crippen MR) is 83.4 cm³/mol. The smallest absolute Gasteiger partial charge is 0.412 e. The molecule has 7 heteroatoms. The van der Waals surface area contributed by atoms with Crippen molar-refractivity contribution in [3.63, 3.8) is 0 Å². The molecule has 1 unspecified atom stereocenters. The number of anilines is 1. The quantitative estimate of drug-likeness (QED) is 0.616. The van der Waals surface area contributed by atoms with Crippen molar-refractivity contribution in [3.05, 3.63) is 17.7 Å². The van der Waals surface area contributed by atoms with E-state index in [9.17, 15) is 15.0 Å². The molecule has 1 aromatic carbocycles. The number of hydrogen-bond donors (Lipinski definition) is 4. The van der Waals surface area contributed by atoms with E-state index in [1.807, 2.05) is 0 Å². The van der Waals surface area contributed by atoms with Crippen LogP contribution in [0.2, 0.25) is 0 Å². The first-order chi connectivity index (χ1) is 10.2. The summed E-state index contributed by atoms with van der Waals surface area (Å²) >= 11 is 0. The van der Waals surface area contributed by atoms with Crippen molar-refractivity contribution in [2.24, 2.45) is 5.73 Å². The van der Waals surface area contributed by atoms with Crippen LogP contribution < -0.4 is 15.8 Å². The van der Waals surface area contributed by atoms with Crippen LogP contribution >= 0.6 is 0 Å². The Bertz CT molecular complexity index is 521. The third kappa shape index (κ3) is 4.78. The van der Waals surface area contributed by atoms with E-state index in [4.69, 9.17) is 15.2 Å². The first-order valence-electron chi connectivity index (χ1n) is 6.93. The number of aliphatic hydroxyl groups is 1. The molecule has 1 atom stereocenters. The summed E-state index contributed by atoms with van der Waals surface area (Å²) in [6.45, 7) is 5.27. The second-order valence-corrected chi connectivity index (χ2v) is 5.86. The van der Waals surface area contributed by atoms with E-state index in [1.54, 1.807) is 26.8 Å². The Balaban J connectivity index is 3.12. The van der Waals surface area contributed by atoms with E-state index in [-0.39, 0.29) is 36.3 Å². The van der Waals surface area contributed by atoms with Gasteiger partial charge in [-0.25, -0.2) is 4.79 Å². The van der Waals surface area contributed by atoms with Gasteiger partial charge in [-0.2, -0.15) is 0 Å². The first-order valence-corrected chi connectivity index (χ1v) is 6.93. The maximum absolute atomic E-state index is 11.8. The summed E-state index contributed by atoms with van der Waals surface area (Å²) in [6, 6.07) is 3.11. The number of aromatic hydroxyl groups is 1. The Kier molecular flexibility index (Phi) is 6.01. The van der Waals surface area contributed by atoms with Gasteiger partial charge in [-0.05, 0) is 38.5 Å². The molecule has 1 rings (SSSR count). The molecule has 0 aliphatic rings. The number of carbonyl (C=O) groups excluding carboxylic acids is 1. The summed E-state index contributed by atoms with van der Waals surface area (Å²) in [7, 11) is 1.40. The van der Waals surface area contributed by atoms with Crippen LogP contribution in [0.1, 0.15) is 32.3 Å². The molecule has 0 heterocycles. The average Bonchev–Trinajstić information content (AvgIpc) is 2.41. The molecule has 1 aromatic rings. The second-order valence-electron chi connectivity index (χ2n) is 5.86. The number of carbonyl (C=O) groups is 1. The van der Waals surface area contributed by atoms with E-state index in [1.165, 1.54) is 13.2 Å². The van der Waals surface area contributed by atoms with Gasteiger partial charge in [0, 0.05) is 12.5 Å². The zero-order chi connectivity index (χ0) is 16.9. The van der Waals surface area contributed by atoms with Gasteiger partial charge in [0.25, 0.3) is 0 Å². The van der Waals surface area contributed by atoms with Crippen LogP contribution in [0.5, 0.6) is 11.5 Å². The van der Waals surface area contributed by atoms with Crippen molar-refractivity contribution in [3.8, 4) is 11.5 Å². The van der Waals surface area contributed by atoms with Gasteiger partial charge < -0.3 is 25.4 Å². The monoisotopic (exact) mass is 312 g/mol. The highest BCUT2D eigenvalue weighted by molar-refractivity contribution is 5.88. The third-order valence-electron chi connectivity index (χ3n) is 2.93. The van der Waals surface area contributed by atoms with Gasteiger partial charge in [0.2, 0.25) is 0 Å². The molecule has 0 fully saturated rings. The molecule has 7 nitrogen and oxygen atoms in total. The summed E-state index contributed by atoms with van der Waals surface area (Å²) in [4.78, 5) is 11.8. The van der Waals surface area contributed by atoms with E-state index in [2.05, 4.69) is 5.32 Å². The fraction of sp³-hybridized carbons (Fsp3) is 0.533. The normalized spacial score (nSPS) is 12.6. The number of phenols is 1. The van der Waals surface area contributed by atoms with Crippen LogP contribution in [-0.2, 0) is 4.74 Å². The van der Waals surface area contributed by atoms with Crippen molar-refractivity contribution in [2.75, 3.05) is 25.6 Å². The van der Waals surface area contributed by atoms with Crippen LogP contribution in [-0.4, -0.2) is 42.2 Å². The minimum Gasteiger partial charge on any atom is -0.503 e. The lowest BCUT2D eigenvalue weighted by molar-refractivity contribution is 0.0635. The molecule has 0 aliphatic heterocycles. The fourth-order valence-electron chi connectivity index (χ4n) is 1.85. The maximum atomic E-state index is 11.8. The van der Waals surface area contributed by atoms with Gasteiger partial charge in [-0.15, -0.1) is 0 Å². The Labute approximate surface area is 130 Å². The maximum Gasteiger partial charge on any atom is 0.412 e. The lowest BCUT2D eigenvalue weighted by Gasteiger charge is -2.21. The zero-order valence-electron chi connectivity index (χ0n) is 13.3. The van der Waals surface area contributed by atoms with Crippen LogP contribution in [0, 0.1) is 0 Å². The van der Waals surface area contributed by atoms with Crippen molar-refractivity contribution in [2.45, 2.75) is 32.3 Å². The number of benzene rings is 1. The Morgan fingerprint density at radius 3 is 2.50 bits per heavy atom. The van der Waals surface area contributed by atoms with Gasteiger partial charge in [0.05, 0.1) is 19.4 Å². The van der Waals surface area contributed by atoms with E-state index >= 15 is 0 Å². The topological polar surface area (TPSA) is 114 Å². The van der Waals surface area contributed by atoms with Crippen LogP contribution in [0.3, 0.4) is 0 Å². The zero-order valence-corrected chi connectivity index (χ0v) is 13.3. The number of hydrogen-bond acceptors (Lipinski definition) is 6. The molecule has 124 valence electrons. The fourth-order valence-corrected chi connectivity index (χ4v) is 1.85. The lowest BCUT2D eigenvalue weighted by Crippen LogP contribution is -2.27. The molecule has 0 radical (unpaired) electrons. The average molecular weight is 312 g/mol. The van der Waals surface area contributed by atoms with Crippen molar-refractivity contribution in [1.29, 1.82) is 0 Å². The predicted octanol–water partition coefficient (Wildman–Crippen LogP) is 1.78. The number of ether oxygens (including phenoxy) is 2. The SMILES string of the molecule is COc1cc(C(CN)CO)cc(NC(=O)OC(C)(C)C)c1O.